The summed E-state index contributed by atoms with van der Waals surface area (Å²) in [5, 5.41) is 2.85. The van der Waals surface area contributed by atoms with Crippen LogP contribution >= 0.6 is 0 Å². The highest BCUT2D eigenvalue weighted by Crippen LogP contribution is 2.22. The summed E-state index contributed by atoms with van der Waals surface area (Å²) in [6, 6.07) is 14.2. The van der Waals surface area contributed by atoms with Crippen molar-refractivity contribution in [2.45, 2.75) is 38.7 Å². The van der Waals surface area contributed by atoms with Crippen LogP contribution in [0.15, 0.2) is 48.5 Å². The average Bonchev–Trinajstić information content (AvgIpc) is 3.03. The largest absolute Gasteiger partial charge is 0.497 e. The minimum absolute atomic E-state index is 0.0378. The first-order chi connectivity index (χ1) is 14.1. The molecule has 0 unspecified atom stereocenters. The van der Waals surface area contributed by atoms with E-state index in [0.29, 0.717) is 22.7 Å². The fourth-order valence-electron chi connectivity index (χ4n) is 3.39. The molecule has 154 valence electrons. The molecule has 6 nitrogen and oxygen atoms in total. The van der Waals surface area contributed by atoms with E-state index in [0.717, 1.165) is 38.8 Å². The second-order valence-electron chi connectivity index (χ2n) is 7.18. The lowest BCUT2D eigenvalue weighted by Gasteiger charge is -2.22. The molecule has 3 rings (SSSR count). The highest BCUT2D eigenvalue weighted by Gasteiger charge is 2.22. The molecule has 0 aliphatic carbocycles. The molecule has 2 aromatic carbocycles. The minimum Gasteiger partial charge on any atom is -0.497 e. The lowest BCUT2D eigenvalue weighted by Crippen LogP contribution is -2.34. The van der Waals surface area contributed by atoms with Gasteiger partial charge in [0.2, 0.25) is 0 Å². The molecule has 29 heavy (non-hydrogen) atoms. The van der Waals surface area contributed by atoms with Gasteiger partial charge in [0.1, 0.15) is 11.5 Å². The lowest BCUT2D eigenvalue weighted by molar-refractivity contribution is -0.122. The third-order valence-electron chi connectivity index (χ3n) is 5.03. The van der Waals surface area contributed by atoms with Gasteiger partial charge in [-0.15, -0.1) is 0 Å². The Balaban J connectivity index is 1.69. The zero-order valence-electron chi connectivity index (χ0n) is 17.0. The lowest BCUT2D eigenvalue weighted by atomic mass is 10.1. The topological polar surface area (TPSA) is 67.9 Å². The fraction of sp³-hybridized carbons (Fsp3) is 0.391. The molecule has 1 aliphatic rings. The molecule has 0 radical (unpaired) electrons. The van der Waals surface area contributed by atoms with Gasteiger partial charge in [-0.1, -0.05) is 31.0 Å². The second-order valence-corrected chi connectivity index (χ2v) is 7.18. The summed E-state index contributed by atoms with van der Waals surface area (Å²) in [5.74, 6) is 0.845. The summed E-state index contributed by atoms with van der Waals surface area (Å²) in [6.07, 6.45) is 3.61. The quantitative estimate of drug-likeness (QED) is 0.798. The number of hydrogen-bond acceptors (Lipinski definition) is 4. The third-order valence-corrected chi connectivity index (χ3v) is 5.03. The van der Waals surface area contributed by atoms with Crippen molar-refractivity contribution in [2.75, 3.05) is 25.5 Å². The molecule has 2 aromatic rings. The number of para-hydroxylation sites is 1. The summed E-state index contributed by atoms with van der Waals surface area (Å²) in [6.45, 7) is 3.20. The van der Waals surface area contributed by atoms with Crippen molar-refractivity contribution in [2.24, 2.45) is 0 Å². The Kier molecular flexibility index (Phi) is 7.11. The Bertz CT molecular complexity index is 844. The van der Waals surface area contributed by atoms with E-state index in [2.05, 4.69) is 5.32 Å². The molecule has 2 amide bonds. The van der Waals surface area contributed by atoms with E-state index >= 15 is 0 Å². The summed E-state index contributed by atoms with van der Waals surface area (Å²) in [7, 11) is 1.58. The SMILES string of the molecule is COc1cccc(O[C@H](C)C(=O)Nc2ccccc2C(=O)N2CCCCCC2)c1. The zero-order chi connectivity index (χ0) is 20.6. The molecule has 1 N–H and O–H groups in total. The van der Waals surface area contributed by atoms with Gasteiger partial charge in [0, 0.05) is 19.2 Å². The molecule has 1 fully saturated rings. The van der Waals surface area contributed by atoms with Crippen molar-refractivity contribution >= 4 is 17.5 Å². The number of amides is 2. The minimum atomic E-state index is -0.733. The van der Waals surface area contributed by atoms with Gasteiger partial charge in [-0.3, -0.25) is 9.59 Å². The van der Waals surface area contributed by atoms with Gasteiger partial charge < -0.3 is 19.7 Å². The number of carbonyl (C=O) groups excluding carboxylic acids is 2. The van der Waals surface area contributed by atoms with E-state index in [4.69, 9.17) is 9.47 Å². The van der Waals surface area contributed by atoms with Crippen LogP contribution in [0, 0.1) is 0 Å². The summed E-state index contributed by atoms with van der Waals surface area (Å²) in [4.78, 5) is 27.6. The molecule has 1 saturated heterocycles. The van der Waals surface area contributed by atoms with Gasteiger partial charge >= 0.3 is 0 Å². The molecule has 1 aliphatic heterocycles. The maximum atomic E-state index is 13.0. The molecular formula is C23H28N2O4. The van der Waals surface area contributed by atoms with Gasteiger partial charge in [-0.25, -0.2) is 0 Å². The van der Waals surface area contributed by atoms with Crippen LogP contribution < -0.4 is 14.8 Å². The number of hydrogen-bond donors (Lipinski definition) is 1. The maximum Gasteiger partial charge on any atom is 0.265 e. The molecule has 0 spiro atoms. The van der Waals surface area contributed by atoms with Crippen molar-refractivity contribution in [3.63, 3.8) is 0 Å². The Labute approximate surface area is 171 Å². The Morgan fingerprint density at radius 2 is 1.66 bits per heavy atom. The van der Waals surface area contributed by atoms with E-state index < -0.39 is 6.10 Å². The summed E-state index contributed by atoms with van der Waals surface area (Å²) >= 11 is 0. The molecule has 1 atom stereocenters. The summed E-state index contributed by atoms with van der Waals surface area (Å²) < 4.78 is 10.9. The van der Waals surface area contributed by atoms with Crippen LogP contribution in [0.25, 0.3) is 0 Å². The molecule has 0 bridgehead atoms. The van der Waals surface area contributed by atoms with Crippen LogP contribution in [0.2, 0.25) is 0 Å². The predicted octanol–water partition coefficient (Wildman–Crippen LogP) is 4.12. The number of anilines is 1. The molecule has 0 aromatic heterocycles. The standard InChI is InChI=1S/C23H28N2O4/c1-17(29-19-11-9-10-18(16-19)28-2)22(26)24-21-13-6-5-12-20(21)23(27)25-14-7-3-4-8-15-25/h5-6,9-13,16-17H,3-4,7-8,14-15H2,1-2H3,(H,24,26)/t17-/m1/s1. The zero-order valence-corrected chi connectivity index (χ0v) is 17.0. The van der Waals surface area contributed by atoms with Crippen molar-refractivity contribution in [3.05, 3.63) is 54.1 Å². The number of rotatable bonds is 6. The van der Waals surface area contributed by atoms with Gasteiger partial charge in [0.15, 0.2) is 6.10 Å². The summed E-state index contributed by atoms with van der Waals surface area (Å²) in [5.41, 5.74) is 1.02. The van der Waals surface area contributed by atoms with Crippen molar-refractivity contribution in [1.82, 2.24) is 4.90 Å². The first kappa shape index (κ1) is 20.7. The second kappa shape index (κ2) is 9.96. The van der Waals surface area contributed by atoms with Crippen LogP contribution in [0.4, 0.5) is 5.69 Å². The third kappa shape index (κ3) is 5.50. The number of nitrogens with zero attached hydrogens (tertiary/aromatic N) is 1. The van der Waals surface area contributed by atoms with Crippen LogP contribution in [0.5, 0.6) is 11.5 Å². The van der Waals surface area contributed by atoms with Crippen molar-refractivity contribution in [3.8, 4) is 11.5 Å². The van der Waals surface area contributed by atoms with Crippen LogP contribution in [0.3, 0.4) is 0 Å². The first-order valence-electron chi connectivity index (χ1n) is 10.1. The number of nitrogens with one attached hydrogen (secondary N) is 1. The van der Waals surface area contributed by atoms with E-state index in [-0.39, 0.29) is 11.8 Å². The number of ether oxygens (including phenoxy) is 2. The highest BCUT2D eigenvalue weighted by atomic mass is 16.5. The molecule has 6 heteroatoms. The van der Waals surface area contributed by atoms with E-state index in [1.54, 1.807) is 44.4 Å². The Morgan fingerprint density at radius 3 is 2.38 bits per heavy atom. The predicted molar refractivity (Wildman–Crippen MR) is 113 cm³/mol. The van der Waals surface area contributed by atoms with Gasteiger partial charge in [0.05, 0.1) is 18.4 Å². The van der Waals surface area contributed by atoms with E-state index in [1.165, 1.54) is 0 Å². The van der Waals surface area contributed by atoms with Crippen LogP contribution in [0.1, 0.15) is 43.0 Å². The van der Waals surface area contributed by atoms with Gasteiger partial charge in [0.25, 0.3) is 11.8 Å². The highest BCUT2D eigenvalue weighted by molar-refractivity contribution is 6.04. The Morgan fingerprint density at radius 1 is 0.966 bits per heavy atom. The van der Waals surface area contributed by atoms with Crippen molar-refractivity contribution in [1.29, 1.82) is 0 Å². The maximum absolute atomic E-state index is 13.0. The average molecular weight is 396 g/mol. The molecule has 0 saturated carbocycles. The van der Waals surface area contributed by atoms with Crippen LogP contribution in [-0.2, 0) is 4.79 Å². The smallest absolute Gasteiger partial charge is 0.265 e. The monoisotopic (exact) mass is 396 g/mol. The molecule has 1 heterocycles. The normalized spacial score (nSPS) is 15.2. The number of methoxy groups -OCH3 is 1. The number of likely N-dealkylation sites (tertiary alicyclic amines) is 1. The number of benzene rings is 2. The van der Waals surface area contributed by atoms with E-state index in [9.17, 15) is 9.59 Å². The van der Waals surface area contributed by atoms with E-state index in [1.807, 2.05) is 23.1 Å². The van der Waals surface area contributed by atoms with Gasteiger partial charge in [-0.05, 0) is 44.0 Å². The van der Waals surface area contributed by atoms with Gasteiger partial charge in [-0.2, -0.15) is 0 Å². The van der Waals surface area contributed by atoms with Crippen molar-refractivity contribution < 1.29 is 19.1 Å². The number of carbonyl (C=O) groups is 2. The molecular weight excluding hydrogens is 368 g/mol. The Hall–Kier alpha value is -3.02. The fourth-order valence-corrected chi connectivity index (χ4v) is 3.39. The van der Waals surface area contributed by atoms with Crippen LogP contribution in [-0.4, -0.2) is 43.0 Å². The first-order valence-corrected chi connectivity index (χ1v) is 10.1.